The van der Waals surface area contributed by atoms with Gasteiger partial charge in [-0.25, -0.2) is 8.42 Å². The van der Waals surface area contributed by atoms with Crippen molar-refractivity contribution in [1.29, 1.82) is 0 Å². The summed E-state index contributed by atoms with van der Waals surface area (Å²) in [5.41, 5.74) is 1.01. The molecule has 1 saturated heterocycles. The third-order valence-electron chi connectivity index (χ3n) is 5.49. The number of carbonyl (C=O) groups is 2. The van der Waals surface area contributed by atoms with Gasteiger partial charge in [0, 0.05) is 58.9 Å². The molecule has 168 valence electrons. The molecular formula is C21H34N4O4S. The van der Waals surface area contributed by atoms with Crippen molar-refractivity contribution in [2.45, 2.75) is 32.1 Å². The molecule has 30 heavy (non-hydrogen) atoms. The number of hydrogen-bond donors (Lipinski definition) is 0. The van der Waals surface area contributed by atoms with Crippen molar-refractivity contribution >= 4 is 21.8 Å². The van der Waals surface area contributed by atoms with E-state index in [2.05, 4.69) is 4.90 Å². The van der Waals surface area contributed by atoms with Gasteiger partial charge >= 0.3 is 0 Å². The summed E-state index contributed by atoms with van der Waals surface area (Å²) in [6.45, 7) is 8.89. The van der Waals surface area contributed by atoms with Crippen molar-refractivity contribution in [3.05, 3.63) is 29.3 Å². The molecule has 0 atom stereocenters. The summed E-state index contributed by atoms with van der Waals surface area (Å²) in [6.07, 6.45) is 0.767. The van der Waals surface area contributed by atoms with Gasteiger partial charge in [0.2, 0.25) is 15.9 Å². The highest BCUT2D eigenvalue weighted by Crippen LogP contribution is 2.22. The minimum Gasteiger partial charge on any atom is -0.348 e. The maximum atomic E-state index is 13.1. The SMILES string of the molecule is CCN(CC)S(=O)(=O)c1cc(C(=O)N2CCCN(CC(=O)N(C)C)CC2)ccc1C. The Morgan fingerprint density at radius 1 is 1.03 bits per heavy atom. The molecule has 1 aliphatic heterocycles. The fourth-order valence-electron chi connectivity index (χ4n) is 3.56. The molecular weight excluding hydrogens is 404 g/mol. The van der Waals surface area contributed by atoms with E-state index in [0.717, 1.165) is 13.0 Å². The zero-order valence-corrected chi connectivity index (χ0v) is 19.5. The average Bonchev–Trinajstić information content (AvgIpc) is 2.93. The number of sulfonamides is 1. The monoisotopic (exact) mass is 438 g/mol. The van der Waals surface area contributed by atoms with Gasteiger partial charge < -0.3 is 9.80 Å². The number of carbonyl (C=O) groups excluding carboxylic acids is 2. The van der Waals surface area contributed by atoms with Crippen molar-refractivity contribution in [3.8, 4) is 0 Å². The van der Waals surface area contributed by atoms with Crippen molar-refractivity contribution in [3.63, 3.8) is 0 Å². The van der Waals surface area contributed by atoms with Crippen LogP contribution in [-0.2, 0) is 14.8 Å². The van der Waals surface area contributed by atoms with Crippen LogP contribution in [0.1, 0.15) is 36.2 Å². The van der Waals surface area contributed by atoms with E-state index in [1.165, 1.54) is 10.4 Å². The van der Waals surface area contributed by atoms with E-state index < -0.39 is 10.0 Å². The Hall–Kier alpha value is -1.97. The number of hydrogen-bond acceptors (Lipinski definition) is 5. The lowest BCUT2D eigenvalue weighted by molar-refractivity contribution is -0.129. The maximum absolute atomic E-state index is 13.1. The van der Waals surface area contributed by atoms with E-state index in [-0.39, 0.29) is 16.7 Å². The molecule has 0 spiro atoms. The van der Waals surface area contributed by atoms with E-state index >= 15 is 0 Å². The predicted molar refractivity (Wildman–Crippen MR) is 117 cm³/mol. The second-order valence-electron chi connectivity index (χ2n) is 7.78. The van der Waals surface area contributed by atoms with Gasteiger partial charge in [-0.2, -0.15) is 4.31 Å². The molecule has 0 saturated carbocycles. The zero-order chi connectivity index (χ0) is 22.5. The van der Waals surface area contributed by atoms with Gasteiger partial charge in [0.25, 0.3) is 5.91 Å². The Morgan fingerprint density at radius 3 is 2.30 bits per heavy atom. The quantitative estimate of drug-likeness (QED) is 0.640. The van der Waals surface area contributed by atoms with Crippen LogP contribution >= 0.6 is 0 Å². The lowest BCUT2D eigenvalue weighted by Crippen LogP contribution is -2.39. The maximum Gasteiger partial charge on any atom is 0.253 e. The van der Waals surface area contributed by atoms with Gasteiger partial charge in [-0.05, 0) is 31.0 Å². The summed E-state index contributed by atoms with van der Waals surface area (Å²) < 4.78 is 27.4. The highest BCUT2D eigenvalue weighted by Gasteiger charge is 2.27. The Balaban J connectivity index is 2.18. The highest BCUT2D eigenvalue weighted by molar-refractivity contribution is 7.89. The van der Waals surface area contributed by atoms with Gasteiger partial charge in [-0.3, -0.25) is 14.5 Å². The fraction of sp³-hybridized carbons (Fsp3) is 0.619. The summed E-state index contributed by atoms with van der Waals surface area (Å²) in [7, 11) is -0.177. The largest absolute Gasteiger partial charge is 0.348 e. The summed E-state index contributed by atoms with van der Waals surface area (Å²) in [5.74, 6) is -0.133. The Bertz CT molecular complexity index is 866. The molecule has 1 heterocycles. The van der Waals surface area contributed by atoms with Crippen LogP contribution in [0, 0.1) is 6.92 Å². The van der Waals surface area contributed by atoms with Crippen LogP contribution in [0.3, 0.4) is 0 Å². The first-order valence-electron chi connectivity index (χ1n) is 10.4. The fourth-order valence-corrected chi connectivity index (χ4v) is 5.27. The van der Waals surface area contributed by atoms with Crippen LogP contribution in [0.2, 0.25) is 0 Å². The Morgan fingerprint density at radius 2 is 1.70 bits per heavy atom. The van der Waals surface area contributed by atoms with Gasteiger partial charge in [-0.15, -0.1) is 0 Å². The van der Waals surface area contributed by atoms with Gasteiger partial charge in [0.05, 0.1) is 11.4 Å². The first kappa shape index (κ1) is 24.3. The van der Waals surface area contributed by atoms with Crippen LogP contribution in [0.25, 0.3) is 0 Å². The number of nitrogens with zero attached hydrogens (tertiary/aromatic N) is 4. The van der Waals surface area contributed by atoms with Crippen LogP contribution in [0.5, 0.6) is 0 Å². The standard InChI is InChI=1S/C21H34N4O4S/c1-6-25(7-2)30(28,29)19-15-18(10-9-17(19)3)21(27)24-12-8-11-23(13-14-24)16-20(26)22(4)5/h9-10,15H,6-8,11-14,16H2,1-5H3. The van der Waals surface area contributed by atoms with E-state index in [0.29, 0.717) is 50.4 Å². The normalized spacial score (nSPS) is 15.9. The third-order valence-corrected chi connectivity index (χ3v) is 7.68. The first-order chi connectivity index (χ1) is 14.1. The zero-order valence-electron chi connectivity index (χ0n) is 18.7. The number of aryl methyl sites for hydroxylation is 1. The van der Waals surface area contributed by atoms with Crippen molar-refractivity contribution in [1.82, 2.24) is 19.0 Å². The molecule has 1 aromatic carbocycles. The molecule has 2 rings (SSSR count). The van der Waals surface area contributed by atoms with Gasteiger partial charge in [-0.1, -0.05) is 19.9 Å². The highest BCUT2D eigenvalue weighted by atomic mass is 32.2. The minimum atomic E-state index is -3.64. The van der Waals surface area contributed by atoms with Crippen molar-refractivity contribution in [2.75, 3.05) is 59.9 Å². The second kappa shape index (κ2) is 10.4. The van der Waals surface area contributed by atoms with E-state index in [4.69, 9.17) is 0 Å². The van der Waals surface area contributed by atoms with E-state index in [1.54, 1.807) is 56.8 Å². The summed E-state index contributed by atoms with van der Waals surface area (Å²) >= 11 is 0. The topological polar surface area (TPSA) is 81.2 Å². The molecule has 8 nitrogen and oxygen atoms in total. The lowest BCUT2D eigenvalue weighted by atomic mass is 10.1. The molecule has 2 amide bonds. The molecule has 1 fully saturated rings. The summed E-state index contributed by atoms with van der Waals surface area (Å²) in [5, 5.41) is 0. The molecule has 0 bridgehead atoms. The van der Waals surface area contributed by atoms with Crippen LogP contribution in [0.15, 0.2) is 23.1 Å². The number of likely N-dealkylation sites (N-methyl/N-ethyl adjacent to an activating group) is 1. The Kier molecular flexibility index (Phi) is 8.40. The molecule has 1 aromatic rings. The molecule has 0 N–H and O–H groups in total. The third kappa shape index (κ3) is 5.59. The molecule has 0 unspecified atom stereocenters. The predicted octanol–water partition coefficient (Wildman–Crippen LogP) is 1.26. The molecule has 0 aromatic heterocycles. The summed E-state index contributed by atoms with van der Waals surface area (Å²) in [4.78, 5) is 30.6. The molecule has 0 radical (unpaired) electrons. The van der Waals surface area contributed by atoms with Crippen LogP contribution < -0.4 is 0 Å². The smallest absolute Gasteiger partial charge is 0.253 e. The second-order valence-corrected chi connectivity index (χ2v) is 9.69. The molecule has 1 aliphatic rings. The Labute approximate surface area is 180 Å². The number of amides is 2. The van der Waals surface area contributed by atoms with E-state index in [1.807, 2.05) is 0 Å². The van der Waals surface area contributed by atoms with Crippen LogP contribution in [0.4, 0.5) is 0 Å². The molecule has 0 aliphatic carbocycles. The van der Waals surface area contributed by atoms with E-state index in [9.17, 15) is 18.0 Å². The molecule has 9 heteroatoms. The van der Waals surface area contributed by atoms with Gasteiger partial charge in [0.1, 0.15) is 0 Å². The van der Waals surface area contributed by atoms with Crippen LogP contribution in [-0.4, -0.2) is 99.1 Å². The number of benzene rings is 1. The number of rotatable bonds is 7. The lowest BCUT2D eigenvalue weighted by Gasteiger charge is -2.24. The van der Waals surface area contributed by atoms with Crippen molar-refractivity contribution in [2.24, 2.45) is 0 Å². The van der Waals surface area contributed by atoms with Crippen molar-refractivity contribution < 1.29 is 18.0 Å². The van der Waals surface area contributed by atoms with Gasteiger partial charge in [0.15, 0.2) is 0 Å². The summed E-state index contributed by atoms with van der Waals surface area (Å²) in [6, 6.07) is 4.89. The average molecular weight is 439 g/mol. The minimum absolute atomic E-state index is 0.0413. The first-order valence-corrected chi connectivity index (χ1v) is 11.9.